The molecule has 4 N–H and O–H groups in total. The second kappa shape index (κ2) is 8.84. The lowest BCUT2D eigenvalue weighted by atomic mass is 9.92. The van der Waals surface area contributed by atoms with Crippen LogP contribution in [0.5, 0.6) is 5.75 Å². The first kappa shape index (κ1) is 19.1. The monoisotopic (exact) mass is 365 g/mol. The predicted molar refractivity (Wildman–Crippen MR) is 107 cm³/mol. The summed E-state index contributed by atoms with van der Waals surface area (Å²) in [6.45, 7) is 5.17. The summed E-state index contributed by atoms with van der Waals surface area (Å²) in [5, 5.41) is 0. The number of nitrogens with one attached hydrogen (secondary N) is 2. The highest BCUT2D eigenvalue weighted by molar-refractivity contribution is 5.65. The molecule has 0 aromatic heterocycles. The van der Waals surface area contributed by atoms with Crippen LogP contribution in [0.25, 0.3) is 0 Å². The van der Waals surface area contributed by atoms with Gasteiger partial charge in [-0.05, 0) is 46.7 Å². The van der Waals surface area contributed by atoms with Crippen molar-refractivity contribution >= 4 is 6.29 Å². The van der Waals surface area contributed by atoms with Gasteiger partial charge < -0.3 is 20.7 Å². The van der Waals surface area contributed by atoms with Gasteiger partial charge >= 0.3 is 0 Å². The summed E-state index contributed by atoms with van der Waals surface area (Å²) < 4.78 is 5.91. The van der Waals surface area contributed by atoms with Crippen LogP contribution in [-0.4, -0.2) is 12.3 Å². The minimum atomic E-state index is -0.304. The molecular weight excluding hydrogens is 338 g/mol. The second-order valence-corrected chi connectivity index (χ2v) is 7.06. The van der Waals surface area contributed by atoms with Gasteiger partial charge in [0.25, 0.3) is 0 Å². The zero-order valence-electron chi connectivity index (χ0n) is 15.9. The number of carbonyl (C=O) groups is 1. The molecule has 1 unspecified atom stereocenters. The van der Waals surface area contributed by atoms with E-state index in [-0.39, 0.29) is 6.04 Å². The van der Waals surface area contributed by atoms with E-state index < -0.39 is 0 Å². The maximum Gasteiger partial charge on any atom is 0.142 e. The number of rotatable bonds is 8. The molecule has 0 fully saturated rings. The second-order valence-electron chi connectivity index (χ2n) is 7.06. The summed E-state index contributed by atoms with van der Waals surface area (Å²) in [6.07, 6.45) is 1.62. The van der Waals surface area contributed by atoms with E-state index in [2.05, 4.69) is 24.7 Å². The van der Waals surface area contributed by atoms with E-state index in [4.69, 9.17) is 10.5 Å². The van der Waals surface area contributed by atoms with E-state index in [0.29, 0.717) is 25.5 Å². The van der Waals surface area contributed by atoms with Crippen molar-refractivity contribution in [3.63, 3.8) is 0 Å². The Labute approximate surface area is 160 Å². The summed E-state index contributed by atoms with van der Waals surface area (Å²) in [5.74, 6) is 1.11. The molecule has 2 aromatic carbocycles. The van der Waals surface area contributed by atoms with Gasteiger partial charge in [0.1, 0.15) is 24.7 Å². The highest BCUT2D eigenvalue weighted by Gasteiger charge is 2.26. The molecule has 0 spiro atoms. The minimum absolute atomic E-state index is 0.304. The third-order valence-electron chi connectivity index (χ3n) is 4.82. The van der Waals surface area contributed by atoms with Crippen molar-refractivity contribution in [3.8, 4) is 5.75 Å². The van der Waals surface area contributed by atoms with Gasteiger partial charge in [0, 0.05) is 12.2 Å². The fraction of sp³-hybridized carbons (Fsp3) is 0.318. The number of nitrogens with two attached hydrogens (primary N) is 1. The third kappa shape index (κ3) is 4.56. The number of ether oxygens (including phenoxy) is 1. The summed E-state index contributed by atoms with van der Waals surface area (Å²) >= 11 is 0. The number of benzene rings is 2. The molecule has 0 amide bonds. The van der Waals surface area contributed by atoms with Crippen LogP contribution in [0.2, 0.25) is 0 Å². The average Bonchev–Trinajstić information content (AvgIpc) is 3.11. The summed E-state index contributed by atoms with van der Waals surface area (Å²) in [5.41, 5.74) is 17.6. The standard InChI is InChI=1S/C22H27N3O2/c1-15(2)22-20(21(13-26)24-25-22)11-17-8-9-19(10-18(17)12-23)27-14-16-6-4-3-5-7-16/h3-10,13,15,21,24-25H,11-12,14,23H2,1-2H3. The number of allylic oxidation sites excluding steroid dienone is 1. The van der Waals surface area contributed by atoms with Gasteiger partial charge in [-0.1, -0.05) is 50.2 Å². The molecule has 27 heavy (non-hydrogen) atoms. The Hall–Kier alpha value is -2.63. The van der Waals surface area contributed by atoms with Crippen molar-refractivity contribution in [2.45, 2.75) is 39.5 Å². The van der Waals surface area contributed by atoms with Crippen molar-refractivity contribution in [3.05, 3.63) is 76.5 Å². The molecule has 5 nitrogen and oxygen atoms in total. The van der Waals surface area contributed by atoms with Gasteiger partial charge in [0.2, 0.25) is 0 Å². The Balaban J connectivity index is 1.78. The Bertz CT molecular complexity index is 816. The van der Waals surface area contributed by atoms with Gasteiger partial charge in [-0.3, -0.25) is 0 Å². The first-order valence-corrected chi connectivity index (χ1v) is 9.30. The quantitative estimate of drug-likeness (QED) is 0.627. The van der Waals surface area contributed by atoms with Crippen molar-refractivity contribution in [2.75, 3.05) is 0 Å². The van der Waals surface area contributed by atoms with E-state index in [1.165, 1.54) is 0 Å². The Morgan fingerprint density at radius 1 is 1.15 bits per heavy atom. The highest BCUT2D eigenvalue weighted by atomic mass is 16.5. The van der Waals surface area contributed by atoms with Crippen LogP contribution in [0.15, 0.2) is 59.8 Å². The normalized spacial score (nSPS) is 16.5. The summed E-state index contributed by atoms with van der Waals surface area (Å²) in [4.78, 5) is 11.4. The number of carbonyl (C=O) groups excluding carboxylic acids is 1. The number of aldehydes is 1. The molecule has 3 rings (SSSR count). The molecule has 1 aliphatic heterocycles. The van der Waals surface area contributed by atoms with Gasteiger partial charge in [0.15, 0.2) is 0 Å². The Morgan fingerprint density at radius 3 is 2.59 bits per heavy atom. The van der Waals surface area contributed by atoms with Crippen LogP contribution >= 0.6 is 0 Å². The molecule has 1 atom stereocenters. The van der Waals surface area contributed by atoms with Crippen molar-refractivity contribution in [1.29, 1.82) is 0 Å². The molecule has 1 heterocycles. The maximum atomic E-state index is 11.4. The average molecular weight is 365 g/mol. The largest absolute Gasteiger partial charge is 0.489 e. The topological polar surface area (TPSA) is 76.4 Å². The first-order valence-electron chi connectivity index (χ1n) is 9.30. The van der Waals surface area contributed by atoms with Crippen LogP contribution < -0.4 is 21.3 Å². The third-order valence-corrected chi connectivity index (χ3v) is 4.82. The first-order chi connectivity index (χ1) is 13.1. The number of hydrazine groups is 1. The van der Waals surface area contributed by atoms with Crippen LogP contribution in [0, 0.1) is 5.92 Å². The molecule has 142 valence electrons. The molecule has 0 radical (unpaired) electrons. The number of hydrogen-bond acceptors (Lipinski definition) is 5. The Morgan fingerprint density at radius 2 is 1.93 bits per heavy atom. The van der Waals surface area contributed by atoms with E-state index in [9.17, 15) is 4.79 Å². The molecule has 0 aliphatic carbocycles. The zero-order valence-corrected chi connectivity index (χ0v) is 15.9. The lowest BCUT2D eigenvalue weighted by molar-refractivity contribution is -0.108. The van der Waals surface area contributed by atoms with Crippen LogP contribution in [0.1, 0.15) is 30.5 Å². The van der Waals surface area contributed by atoms with Crippen molar-refractivity contribution in [2.24, 2.45) is 11.7 Å². The minimum Gasteiger partial charge on any atom is -0.489 e. The van der Waals surface area contributed by atoms with Crippen LogP contribution in [0.3, 0.4) is 0 Å². The fourth-order valence-electron chi connectivity index (χ4n) is 3.33. The maximum absolute atomic E-state index is 11.4. The van der Waals surface area contributed by atoms with Crippen molar-refractivity contribution < 1.29 is 9.53 Å². The van der Waals surface area contributed by atoms with Gasteiger partial charge in [-0.25, -0.2) is 5.43 Å². The molecular formula is C22H27N3O2. The lowest BCUT2D eigenvalue weighted by Crippen LogP contribution is -2.34. The molecule has 0 bridgehead atoms. The molecule has 5 heteroatoms. The predicted octanol–water partition coefficient (Wildman–Crippen LogP) is 2.85. The van der Waals surface area contributed by atoms with E-state index in [1.807, 2.05) is 48.5 Å². The van der Waals surface area contributed by atoms with Gasteiger partial charge in [-0.2, -0.15) is 0 Å². The SMILES string of the molecule is CC(C)C1=C(Cc2ccc(OCc3ccccc3)cc2CN)C(C=O)NN1. The smallest absolute Gasteiger partial charge is 0.142 e. The van der Waals surface area contributed by atoms with E-state index >= 15 is 0 Å². The van der Waals surface area contributed by atoms with Crippen LogP contribution in [0.4, 0.5) is 0 Å². The van der Waals surface area contributed by atoms with E-state index in [1.54, 1.807) is 0 Å². The van der Waals surface area contributed by atoms with Crippen molar-refractivity contribution in [1.82, 2.24) is 10.9 Å². The number of hydrogen-bond donors (Lipinski definition) is 3. The van der Waals surface area contributed by atoms with Gasteiger partial charge in [0.05, 0.1) is 0 Å². The highest BCUT2D eigenvalue weighted by Crippen LogP contribution is 2.26. The van der Waals surface area contributed by atoms with Crippen LogP contribution in [-0.2, 0) is 24.4 Å². The fourth-order valence-corrected chi connectivity index (χ4v) is 3.33. The molecule has 0 saturated carbocycles. The lowest BCUT2D eigenvalue weighted by Gasteiger charge is -2.15. The molecule has 2 aromatic rings. The molecule has 1 aliphatic rings. The van der Waals surface area contributed by atoms with Gasteiger partial charge in [-0.15, -0.1) is 0 Å². The summed E-state index contributed by atoms with van der Waals surface area (Å²) in [7, 11) is 0. The zero-order chi connectivity index (χ0) is 19.2. The summed E-state index contributed by atoms with van der Waals surface area (Å²) in [6, 6.07) is 15.8. The van der Waals surface area contributed by atoms with E-state index in [0.717, 1.165) is 40.0 Å². The molecule has 0 saturated heterocycles. The Kier molecular flexibility index (Phi) is 6.27.